The van der Waals surface area contributed by atoms with Crippen molar-refractivity contribution in [2.24, 2.45) is 11.1 Å². The number of amides is 2. The lowest BCUT2D eigenvalue weighted by atomic mass is 9.89. The Bertz CT molecular complexity index is 380. The van der Waals surface area contributed by atoms with Gasteiger partial charge < -0.3 is 20.8 Å². The summed E-state index contributed by atoms with van der Waals surface area (Å²) >= 11 is 0. The van der Waals surface area contributed by atoms with E-state index in [-0.39, 0.29) is 19.4 Å². The predicted octanol–water partition coefficient (Wildman–Crippen LogP) is -1.07. The van der Waals surface area contributed by atoms with Gasteiger partial charge in [-0.2, -0.15) is 0 Å². The van der Waals surface area contributed by atoms with E-state index in [2.05, 4.69) is 0 Å². The zero-order valence-corrected chi connectivity index (χ0v) is 10.4. The van der Waals surface area contributed by atoms with Crippen LogP contribution in [0.5, 0.6) is 0 Å². The lowest BCUT2D eigenvalue weighted by molar-refractivity contribution is -0.152. The third-order valence-corrected chi connectivity index (χ3v) is 3.10. The highest BCUT2D eigenvalue weighted by molar-refractivity contribution is 5.89. The van der Waals surface area contributed by atoms with Gasteiger partial charge in [-0.25, -0.2) is 0 Å². The molecule has 0 bridgehead atoms. The predicted molar refractivity (Wildman–Crippen MR) is 61.4 cm³/mol. The normalized spacial score (nSPS) is 24.1. The van der Waals surface area contributed by atoms with Crippen molar-refractivity contribution in [1.29, 1.82) is 0 Å². The van der Waals surface area contributed by atoms with E-state index in [0.717, 1.165) is 4.90 Å². The second kappa shape index (κ2) is 4.93. The third kappa shape index (κ3) is 2.98. The van der Waals surface area contributed by atoms with E-state index in [0.29, 0.717) is 0 Å². The first-order valence-electron chi connectivity index (χ1n) is 5.65. The minimum atomic E-state index is -1.22. The molecule has 0 saturated carbocycles. The van der Waals surface area contributed by atoms with Crippen molar-refractivity contribution in [3.63, 3.8) is 0 Å². The van der Waals surface area contributed by atoms with E-state index in [1.54, 1.807) is 0 Å². The molecule has 0 aromatic heterocycles. The van der Waals surface area contributed by atoms with Crippen molar-refractivity contribution in [2.75, 3.05) is 6.54 Å². The van der Waals surface area contributed by atoms with Gasteiger partial charge in [-0.3, -0.25) is 14.4 Å². The maximum absolute atomic E-state index is 12.0. The van der Waals surface area contributed by atoms with Crippen LogP contribution in [-0.2, 0) is 14.4 Å². The molecule has 1 fully saturated rings. The molecule has 1 heterocycles. The number of aliphatic hydroxyl groups is 1. The Kier molecular flexibility index (Phi) is 3.95. The number of carbonyl (C=O) groups is 3. The molecule has 1 rings (SSSR count). The van der Waals surface area contributed by atoms with E-state index in [4.69, 9.17) is 10.8 Å². The fraction of sp³-hybridized carbons (Fsp3) is 0.727. The number of primary amides is 1. The van der Waals surface area contributed by atoms with Crippen LogP contribution in [0, 0.1) is 5.41 Å². The molecule has 1 aliphatic heterocycles. The SMILES string of the molecule is CC(C)(CC(=O)N1CC(O)CC1C(N)=O)C(=O)O. The molecule has 102 valence electrons. The minimum Gasteiger partial charge on any atom is -0.481 e. The van der Waals surface area contributed by atoms with E-state index in [1.807, 2.05) is 0 Å². The highest BCUT2D eigenvalue weighted by atomic mass is 16.4. The van der Waals surface area contributed by atoms with Gasteiger partial charge in [0.25, 0.3) is 0 Å². The summed E-state index contributed by atoms with van der Waals surface area (Å²) < 4.78 is 0. The summed E-state index contributed by atoms with van der Waals surface area (Å²) in [6, 6.07) is -0.850. The smallest absolute Gasteiger partial charge is 0.309 e. The molecular weight excluding hydrogens is 240 g/mol. The lowest BCUT2D eigenvalue weighted by Gasteiger charge is -2.26. The number of carbonyl (C=O) groups excluding carboxylic acids is 2. The van der Waals surface area contributed by atoms with Gasteiger partial charge in [0.2, 0.25) is 11.8 Å². The van der Waals surface area contributed by atoms with Gasteiger partial charge in [0.1, 0.15) is 6.04 Å². The Labute approximate surface area is 105 Å². The van der Waals surface area contributed by atoms with Gasteiger partial charge in [0, 0.05) is 19.4 Å². The van der Waals surface area contributed by atoms with Crippen molar-refractivity contribution in [1.82, 2.24) is 4.90 Å². The van der Waals surface area contributed by atoms with Crippen molar-refractivity contribution in [3.8, 4) is 0 Å². The van der Waals surface area contributed by atoms with Crippen molar-refractivity contribution < 1.29 is 24.6 Å². The van der Waals surface area contributed by atoms with E-state index >= 15 is 0 Å². The van der Waals surface area contributed by atoms with Crippen LogP contribution >= 0.6 is 0 Å². The molecule has 2 unspecified atom stereocenters. The van der Waals surface area contributed by atoms with Crippen molar-refractivity contribution in [3.05, 3.63) is 0 Å². The van der Waals surface area contributed by atoms with Crippen LogP contribution in [0.3, 0.4) is 0 Å². The molecule has 2 atom stereocenters. The van der Waals surface area contributed by atoms with Gasteiger partial charge in [-0.05, 0) is 13.8 Å². The molecule has 7 heteroatoms. The Hall–Kier alpha value is -1.63. The van der Waals surface area contributed by atoms with Gasteiger partial charge in [-0.1, -0.05) is 0 Å². The molecule has 18 heavy (non-hydrogen) atoms. The molecule has 1 saturated heterocycles. The molecule has 0 aliphatic carbocycles. The summed E-state index contributed by atoms with van der Waals surface area (Å²) in [5.41, 5.74) is 3.94. The second-order valence-corrected chi connectivity index (χ2v) is 5.22. The molecule has 0 aromatic carbocycles. The minimum absolute atomic E-state index is 0.0160. The van der Waals surface area contributed by atoms with Crippen molar-refractivity contribution in [2.45, 2.75) is 38.8 Å². The number of carboxylic acid groups (broad SMARTS) is 1. The molecular formula is C11H18N2O5. The number of aliphatic hydroxyl groups excluding tert-OH is 1. The summed E-state index contributed by atoms with van der Waals surface area (Å²) in [7, 11) is 0. The average Bonchev–Trinajstić information content (AvgIpc) is 2.59. The average molecular weight is 258 g/mol. The quantitative estimate of drug-likeness (QED) is 0.593. The fourth-order valence-corrected chi connectivity index (χ4v) is 1.91. The molecule has 0 radical (unpaired) electrons. The van der Waals surface area contributed by atoms with E-state index in [1.165, 1.54) is 13.8 Å². The maximum atomic E-state index is 12.0. The number of carboxylic acids is 1. The van der Waals surface area contributed by atoms with E-state index in [9.17, 15) is 19.5 Å². The summed E-state index contributed by atoms with van der Waals surface area (Å²) in [6.45, 7) is 2.88. The van der Waals surface area contributed by atoms with Gasteiger partial charge >= 0.3 is 5.97 Å². The molecule has 7 nitrogen and oxygen atoms in total. The van der Waals surface area contributed by atoms with Gasteiger partial charge in [0.05, 0.1) is 11.5 Å². The summed E-state index contributed by atoms with van der Waals surface area (Å²) in [6.07, 6.45) is -0.924. The van der Waals surface area contributed by atoms with Gasteiger partial charge in [0.15, 0.2) is 0 Å². The third-order valence-electron chi connectivity index (χ3n) is 3.10. The van der Waals surface area contributed by atoms with Crippen molar-refractivity contribution >= 4 is 17.8 Å². The van der Waals surface area contributed by atoms with Crippen LogP contribution < -0.4 is 5.73 Å². The molecule has 1 aliphatic rings. The van der Waals surface area contributed by atoms with Crippen LogP contribution in [0.1, 0.15) is 26.7 Å². The van der Waals surface area contributed by atoms with Crippen LogP contribution in [-0.4, -0.2) is 51.6 Å². The van der Waals surface area contributed by atoms with E-state index < -0.39 is 35.3 Å². The number of aliphatic carboxylic acids is 1. The largest absolute Gasteiger partial charge is 0.481 e. The zero-order chi connectivity index (χ0) is 14.1. The lowest BCUT2D eigenvalue weighted by Crippen LogP contribution is -2.45. The standard InChI is InChI=1S/C11H18N2O5/c1-11(2,10(17)18)4-8(15)13-5-6(14)3-7(13)9(12)16/h6-7,14H,3-5H2,1-2H3,(H2,12,16)(H,17,18). The first-order valence-corrected chi connectivity index (χ1v) is 5.65. The number of nitrogens with two attached hydrogens (primary N) is 1. The molecule has 2 amide bonds. The zero-order valence-electron chi connectivity index (χ0n) is 10.4. The topological polar surface area (TPSA) is 121 Å². The van der Waals surface area contributed by atoms with Crippen LogP contribution in [0.4, 0.5) is 0 Å². The number of β-amino-alcohol motifs (C(OH)–C–C–N with tert-alkyl or cyclic N) is 1. The highest BCUT2D eigenvalue weighted by Crippen LogP contribution is 2.25. The summed E-state index contributed by atoms with van der Waals surface area (Å²) in [5.74, 6) is -2.26. The van der Waals surface area contributed by atoms with Gasteiger partial charge in [-0.15, -0.1) is 0 Å². The Balaban J connectivity index is 2.78. The Morgan fingerprint density at radius 1 is 1.39 bits per heavy atom. The van der Waals surface area contributed by atoms with Crippen LogP contribution in [0.2, 0.25) is 0 Å². The number of likely N-dealkylation sites (tertiary alicyclic amines) is 1. The molecule has 4 N–H and O–H groups in total. The number of hydrogen-bond acceptors (Lipinski definition) is 4. The Morgan fingerprint density at radius 2 is 1.94 bits per heavy atom. The number of nitrogens with zero attached hydrogens (tertiary/aromatic N) is 1. The molecule has 0 spiro atoms. The highest BCUT2D eigenvalue weighted by Gasteiger charge is 2.40. The Morgan fingerprint density at radius 3 is 2.39 bits per heavy atom. The fourth-order valence-electron chi connectivity index (χ4n) is 1.91. The summed E-state index contributed by atoms with van der Waals surface area (Å²) in [4.78, 5) is 35.2. The maximum Gasteiger partial charge on any atom is 0.309 e. The monoisotopic (exact) mass is 258 g/mol. The first kappa shape index (κ1) is 14.4. The van der Waals surface area contributed by atoms with Crippen LogP contribution in [0.25, 0.3) is 0 Å². The number of hydrogen-bond donors (Lipinski definition) is 3. The number of rotatable bonds is 4. The second-order valence-electron chi connectivity index (χ2n) is 5.22. The summed E-state index contributed by atoms with van der Waals surface area (Å²) in [5, 5.41) is 18.4. The molecule has 0 aromatic rings. The first-order chi connectivity index (χ1) is 8.15. The van der Waals surface area contributed by atoms with Crippen LogP contribution in [0.15, 0.2) is 0 Å².